The summed E-state index contributed by atoms with van der Waals surface area (Å²) in [6.07, 6.45) is 8.90. The van der Waals surface area contributed by atoms with Gasteiger partial charge in [-0.1, -0.05) is 25.7 Å². The van der Waals surface area contributed by atoms with E-state index in [9.17, 15) is 25.2 Å². The molecule has 0 radical (unpaired) electrons. The molecule has 8 heteroatoms. The molecular formula is C34H58N4O4. The first kappa shape index (κ1) is 36.0. The Labute approximate surface area is 255 Å². The molecule has 0 atom stereocenters. The second-order valence-corrected chi connectivity index (χ2v) is 15.6. The van der Waals surface area contributed by atoms with Crippen molar-refractivity contribution in [2.24, 2.45) is 17.3 Å². The molecule has 2 saturated heterocycles. The minimum absolute atomic E-state index is 0.0207. The number of carbonyl (C=O) groups is 2. The van der Waals surface area contributed by atoms with Gasteiger partial charge in [-0.25, -0.2) is 0 Å². The topological polar surface area (TPSA) is 129 Å². The lowest BCUT2D eigenvalue weighted by atomic mass is 9.52. The van der Waals surface area contributed by atoms with Gasteiger partial charge in [-0.2, -0.15) is 10.5 Å². The van der Waals surface area contributed by atoms with Crippen LogP contribution in [-0.4, -0.2) is 67.2 Å². The third-order valence-electron chi connectivity index (χ3n) is 10.6. The first-order chi connectivity index (χ1) is 19.4. The van der Waals surface area contributed by atoms with Crippen molar-refractivity contribution in [1.29, 1.82) is 10.5 Å². The van der Waals surface area contributed by atoms with Crippen molar-refractivity contribution in [1.82, 2.24) is 9.80 Å². The number of piperidine rings is 2. The van der Waals surface area contributed by atoms with Crippen molar-refractivity contribution in [3.05, 3.63) is 0 Å². The molecule has 42 heavy (non-hydrogen) atoms. The average molecular weight is 587 g/mol. The molecule has 238 valence electrons. The standard InChI is InChI=1S/C34H58N4O4/c1-30(2)22-26(23-31(3,4)37(30)20-14-18-35)34(29(41)42,17-13-11-9-10-12-16-28(39)40)27-24-32(5,6)38(21-15-19-36)33(7,8)25-27/h26-27H,9-17,20-25H2,1-8H3,(H,39,40)(H,41,42). The number of unbranched alkanes of at least 4 members (excludes halogenated alkanes) is 4. The number of likely N-dealkylation sites (tertiary alicyclic amines) is 2. The van der Waals surface area contributed by atoms with Crippen LogP contribution in [-0.2, 0) is 9.59 Å². The number of aliphatic carboxylic acids is 2. The summed E-state index contributed by atoms with van der Waals surface area (Å²) in [5, 5.41) is 39.0. The SMILES string of the molecule is CC1(C)CC(C(CCCCCCCC(=O)O)(C(=O)O)C2CC(C)(C)N(CCC#N)C(C)(C)C2)CC(C)(C)N1CCC#N. The highest BCUT2D eigenvalue weighted by Gasteiger charge is 2.60. The van der Waals surface area contributed by atoms with E-state index in [0.717, 1.165) is 51.4 Å². The van der Waals surface area contributed by atoms with Crippen LogP contribution in [0.3, 0.4) is 0 Å². The Balaban J connectivity index is 2.50. The van der Waals surface area contributed by atoms with Crippen molar-refractivity contribution in [3.8, 4) is 12.1 Å². The van der Waals surface area contributed by atoms with E-state index in [-0.39, 0.29) is 40.4 Å². The summed E-state index contributed by atoms with van der Waals surface area (Å²) < 4.78 is 0. The maximum Gasteiger partial charge on any atom is 0.310 e. The third-order valence-corrected chi connectivity index (χ3v) is 10.6. The summed E-state index contributed by atoms with van der Waals surface area (Å²) in [7, 11) is 0. The summed E-state index contributed by atoms with van der Waals surface area (Å²) >= 11 is 0. The fourth-order valence-electron chi connectivity index (χ4n) is 9.32. The Bertz CT molecular complexity index is 926. The number of carboxylic acid groups (broad SMARTS) is 2. The van der Waals surface area contributed by atoms with Gasteiger partial charge in [-0.3, -0.25) is 19.4 Å². The quantitative estimate of drug-likeness (QED) is 0.192. The number of hydrogen-bond donors (Lipinski definition) is 2. The van der Waals surface area contributed by atoms with Crippen LogP contribution in [0.1, 0.15) is 139 Å². The van der Waals surface area contributed by atoms with Crippen LogP contribution in [0.5, 0.6) is 0 Å². The maximum atomic E-state index is 13.8. The van der Waals surface area contributed by atoms with E-state index in [1.807, 2.05) is 0 Å². The number of hydrogen-bond acceptors (Lipinski definition) is 6. The van der Waals surface area contributed by atoms with E-state index < -0.39 is 17.4 Å². The molecule has 2 aliphatic rings. The van der Waals surface area contributed by atoms with Gasteiger partial charge in [0.2, 0.25) is 0 Å². The van der Waals surface area contributed by atoms with Gasteiger partial charge in [0, 0.05) is 54.5 Å². The minimum Gasteiger partial charge on any atom is -0.481 e. The van der Waals surface area contributed by atoms with E-state index in [1.165, 1.54) is 0 Å². The fourth-order valence-corrected chi connectivity index (χ4v) is 9.32. The van der Waals surface area contributed by atoms with Gasteiger partial charge in [0.25, 0.3) is 0 Å². The summed E-state index contributed by atoms with van der Waals surface area (Å²) in [4.78, 5) is 29.6. The molecule has 2 rings (SSSR count). The highest BCUT2D eigenvalue weighted by molar-refractivity contribution is 5.76. The molecule has 0 bridgehead atoms. The van der Waals surface area contributed by atoms with E-state index in [1.54, 1.807) is 0 Å². The van der Waals surface area contributed by atoms with Gasteiger partial charge in [-0.15, -0.1) is 0 Å². The zero-order chi connectivity index (χ0) is 32.0. The maximum absolute atomic E-state index is 13.8. The van der Waals surface area contributed by atoms with Gasteiger partial charge in [0.15, 0.2) is 0 Å². The monoisotopic (exact) mass is 586 g/mol. The Hall–Kier alpha value is -2.16. The molecule has 0 aliphatic carbocycles. The Morgan fingerprint density at radius 3 is 1.38 bits per heavy atom. The molecular weight excluding hydrogens is 528 g/mol. The van der Waals surface area contributed by atoms with Crippen LogP contribution in [0.15, 0.2) is 0 Å². The van der Waals surface area contributed by atoms with Crippen molar-refractivity contribution in [3.63, 3.8) is 0 Å². The van der Waals surface area contributed by atoms with Gasteiger partial charge in [-0.05, 0) is 106 Å². The highest BCUT2D eigenvalue weighted by atomic mass is 16.4. The predicted molar refractivity (Wildman–Crippen MR) is 166 cm³/mol. The number of carboxylic acids is 2. The van der Waals surface area contributed by atoms with Crippen LogP contribution >= 0.6 is 0 Å². The van der Waals surface area contributed by atoms with Crippen molar-refractivity contribution in [2.45, 2.75) is 161 Å². The summed E-state index contributed by atoms with van der Waals surface area (Å²) in [5.74, 6) is -1.49. The molecule has 0 unspecified atom stereocenters. The summed E-state index contributed by atoms with van der Waals surface area (Å²) in [6, 6.07) is 4.60. The largest absolute Gasteiger partial charge is 0.481 e. The summed E-state index contributed by atoms with van der Waals surface area (Å²) in [5.41, 5.74) is -1.90. The number of nitrogens with zero attached hydrogens (tertiary/aromatic N) is 4. The summed E-state index contributed by atoms with van der Waals surface area (Å²) in [6.45, 7) is 19.1. The predicted octanol–water partition coefficient (Wildman–Crippen LogP) is 7.24. The van der Waals surface area contributed by atoms with Crippen LogP contribution in [0.2, 0.25) is 0 Å². The number of nitriles is 2. The first-order valence-corrected chi connectivity index (χ1v) is 16.1. The smallest absolute Gasteiger partial charge is 0.310 e. The lowest BCUT2D eigenvalue weighted by molar-refractivity contribution is -0.178. The van der Waals surface area contributed by atoms with Crippen molar-refractivity contribution < 1.29 is 19.8 Å². The van der Waals surface area contributed by atoms with Gasteiger partial charge < -0.3 is 10.2 Å². The molecule has 0 amide bonds. The van der Waals surface area contributed by atoms with Crippen molar-refractivity contribution >= 4 is 11.9 Å². The zero-order valence-corrected chi connectivity index (χ0v) is 27.8. The molecule has 2 N–H and O–H groups in total. The Kier molecular flexibility index (Phi) is 12.1. The molecule has 0 aromatic heterocycles. The van der Waals surface area contributed by atoms with E-state index in [4.69, 9.17) is 5.11 Å². The third kappa shape index (κ3) is 8.26. The molecule has 2 heterocycles. The van der Waals surface area contributed by atoms with E-state index >= 15 is 0 Å². The number of rotatable bonds is 15. The second-order valence-electron chi connectivity index (χ2n) is 15.6. The van der Waals surface area contributed by atoms with E-state index in [2.05, 4.69) is 77.3 Å². The van der Waals surface area contributed by atoms with E-state index in [0.29, 0.717) is 38.8 Å². The Morgan fingerprint density at radius 1 is 0.690 bits per heavy atom. The van der Waals surface area contributed by atoms with Crippen LogP contribution < -0.4 is 0 Å². The van der Waals surface area contributed by atoms with Gasteiger partial charge in [0.1, 0.15) is 0 Å². The molecule has 0 spiro atoms. The van der Waals surface area contributed by atoms with Gasteiger partial charge >= 0.3 is 11.9 Å². The lowest BCUT2D eigenvalue weighted by Crippen LogP contribution is -2.67. The molecule has 2 fully saturated rings. The lowest BCUT2D eigenvalue weighted by Gasteiger charge is -2.62. The van der Waals surface area contributed by atoms with Gasteiger partial charge in [0.05, 0.1) is 17.6 Å². The first-order valence-electron chi connectivity index (χ1n) is 16.1. The molecule has 8 nitrogen and oxygen atoms in total. The van der Waals surface area contributed by atoms with Crippen molar-refractivity contribution in [2.75, 3.05) is 13.1 Å². The highest BCUT2D eigenvalue weighted by Crippen LogP contribution is 2.58. The average Bonchev–Trinajstić information content (AvgIpc) is 2.82. The molecule has 0 aromatic rings. The van der Waals surface area contributed by atoms with Crippen LogP contribution in [0.25, 0.3) is 0 Å². The minimum atomic E-state index is -0.896. The Morgan fingerprint density at radius 2 is 1.05 bits per heavy atom. The van der Waals surface area contributed by atoms with Crippen LogP contribution in [0, 0.1) is 39.9 Å². The zero-order valence-electron chi connectivity index (χ0n) is 27.8. The van der Waals surface area contributed by atoms with Crippen LogP contribution in [0.4, 0.5) is 0 Å². The fraction of sp³-hybridized carbons (Fsp3) is 0.882. The normalized spacial score (nSPS) is 22.7. The molecule has 2 aliphatic heterocycles. The second kappa shape index (κ2) is 14.1. The molecule has 0 saturated carbocycles. The molecule has 0 aromatic carbocycles.